The average molecular weight is 353 g/mol. The zero-order chi connectivity index (χ0) is 17.9. The number of aliphatic carboxylic acids is 1. The summed E-state index contributed by atoms with van der Waals surface area (Å²) in [6, 6.07) is 0.583. The topological polar surface area (TPSA) is 88.1 Å². The van der Waals surface area contributed by atoms with Crippen LogP contribution in [-0.2, 0) is 9.59 Å². The Bertz CT molecular complexity index is 467. The number of piperidine rings is 1. The van der Waals surface area contributed by atoms with Crippen molar-refractivity contribution in [1.82, 2.24) is 25.3 Å². The van der Waals surface area contributed by atoms with Crippen LogP contribution in [0.2, 0.25) is 0 Å². The molecule has 3 rings (SSSR count). The molecule has 0 aromatic rings. The molecule has 1 unspecified atom stereocenters. The lowest BCUT2D eigenvalue weighted by atomic mass is 9.97. The number of hydrogen-bond donors (Lipinski definition) is 3. The highest BCUT2D eigenvalue weighted by atomic mass is 16.4. The second-order valence-electron chi connectivity index (χ2n) is 7.27. The molecule has 3 N–H and O–H groups in total. The fraction of sp³-hybridized carbons (Fsp3) is 0.882. The third kappa shape index (κ3) is 3.59. The van der Waals surface area contributed by atoms with Gasteiger partial charge >= 0.3 is 5.97 Å². The van der Waals surface area contributed by atoms with Crippen LogP contribution < -0.4 is 10.6 Å². The molecule has 0 radical (unpaired) electrons. The monoisotopic (exact) mass is 353 g/mol. The van der Waals surface area contributed by atoms with E-state index in [4.69, 9.17) is 0 Å². The number of ketones is 1. The second-order valence-corrected chi connectivity index (χ2v) is 7.27. The van der Waals surface area contributed by atoms with E-state index in [1.54, 1.807) is 0 Å². The maximum Gasteiger partial charge on any atom is 0.347 e. The first-order valence-electron chi connectivity index (χ1n) is 9.47. The van der Waals surface area contributed by atoms with Gasteiger partial charge in [0.05, 0.1) is 0 Å². The van der Waals surface area contributed by atoms with Crippen LogP contribution in [0.4, 0.5) is 0 Å². The number of hydrogen-bond acceptors (Lipinski definition) is 7. The number of carboxylic acid groups (broad SMARTS) is 1. The number of carbonyl (C=O) groups excluding carboxylic acids is 1. The van der Waals surface area contributed by atoms with E-state index in [0.29, 0.717) is 32.2 Å². The molecule has 0 amide bonds. The lowest BCUT2D eigenvalue weighted by Gasteiger charge is -2.51. The largest absolute Gasteiger partial charge is 0.479 e. The van der Waals surface area contributed by atoms with Crippen LogP contribution in [0.15, 0.2) is 0 Å². The first-order chi connectivity index (χ1) is 12.1. The van der Waals surface area contributed by atoms with E-state index in [1.165, 1.54) is 6.92 Å². The molecule has 3 fully saturated rings. The van der Waals surface area contributed by atoms with Crippen LogP contribution in [-0.4, -0.2) is 109 Å². The van der Waals surface area contributed by atoms with Crippen molar-refractivity contribution in [3.63, 3.8) is 0 Å². The van der Waals surface area contributed by atoms with Gasteiger partial charge in [-0.05, 0) is 32.9 Å². The Morgan fingerprint density at radius 2 is 1.40 bits per heavy atom. The van der Waals surface area contributed by atoms with Gasteiger partial charge in [-0.1, -0.05) is 0 Å². The van der Waals surface area contributed by atoms with Crippen LogP contribution in [0.3, 0.4) is 0 Å². The van der Waals surface area contributed by atoms with E-state index in [1.807, 2.05) is 9.80 Å². The maximum atomic E-state index is 12.6. The van der Waals surface area contributed by atoms with E-state index in [9.17, 15) is 14.7 Å². The van der Waals surface area contributed by atoms with Gasteiger partial charge in [-0.15, -0.1) is 0 Å². The molecule has 0 spiro atoms. The average Bonchev–Trinajstić information content (AvgIpc) is 2.64. The standard InChI is InChI=1S/C17H31N5O3/c1-14(23)17(16(24)25,21-8-6-19-7-9-21)22-12-10-20(11-13-22)15-2-4-18-5-3-15/h15,18-19H,2-13H2,1H3,(H,24,25). The van der Waals surface area contributed by atoms with E-state index in [0.717, 1.165) is 52.1 Å². The Morgan fingerprint density at radius 3 is 1.92 bits per heavy atom. The Morgan fingerprint density at radius 1 is 0.880 bits per heavy atom. The molecule has 0 aliphatic carbocycles. The summed E-state index contributed by atoms with van der Waals surface area (Å²) in [5, 5.41) is 16.7. The highest BCUT2D eigenvalue weighted by Gasteiger charge is 2.54. The Hall–Kier alpha value is -1.06. The summed E-state index contributed by atoms with van der Waals surface area (Å²) in [5.41, 5.74) is -1.51. The van der Waals surface area contributed by atoms with Crippen molar-refractivity contribution in [2.75, 3.05) is 65.4 Å². The van der Waals surface area contributed by atoms with E-state index < -0.39 is 11.6 Å². The molecule has 1 atom stereocenters. The second kappa shape index (κ2) is 8.09. The molecule has 25 heavy (non-hydrogen) atoms. The Balaban J connectivity index is 1.73. The molecule has 8 heteroatoms. The van der Waals surface area contributed by atoms with Gasteiger partial charge in [-0.3, -0.25) is 19.5 Å². The van der Waals surface area contributed by atoms with E-state index in [-0.39, 0.29) is 5.78 Å². The van der Waals surface area contributed by atoms with Gasteiger partial charge in [0, 0.05) is 58.4 Å². The predicted molar refractivity (Wildman–Crippen MR) is 94.5 cm³/mol. The van der Waals surface area contributed by atoms with Crippen molar-refractivity contribution in [3.8, 4) is 0 Å². The minimum Gasteiger partial charge on any atom is -0.479 e. The molecular formula is C17H31N5O3. The maximum absolute atomic E-state index is 12.6. The van der Waals surface area contributed by atoms with Crippen molar-refractivity contribution in [3.05, 3.63) is 0 Å². The van der Waals surface area contributed by atoms with Crippen molar-refractivity contribution in [2.24, 2.45) is 0 Å². The summed E-state index contributed by atoms with van der Waals surface area (Å²) in [6.07, 6.45) is 2.29. The first-order valence-corrected chi connectivity index (χ1v) is 9.47. The van der Waals surface area contributed by atoms with E-state index >= 15 is 0 Å². The quantitative estimate of drug-likeness (QED) is 0.522. The van der Waals surface area contributed by atoms with Crippen LogP contribution in [0.1, 0.15) is 19.8 Å². The smallest absolute Gasteiger partial charge is 0.347 e. The zero-order valence-electron chi connectivity index (χ0n) is 15.2. The third-order valence-electron chi connectivity index (χ3n) is 5.96. The number of nitrogens with one attached hydrogen (secondary N) is 2. The van der Waals surface area contributed by atoms with Crippen LogP contribution >= 0.6 is 0 Å². The molecule has 142 valence electrons. The Labute approximate surface area is 149 Å². The highest BCUT2D eigenvalue weighted by molar-refractivity contribution is 6.06. The lowest BCUT2D eigenvalue weighted by Crippen LogP contribution is -2.74. The van der Waals surface area contributed by atoms with Gasteiger partial charge in [-0.25, -0.2) is 4.79 Å². The van der Waals surface area contributed by atoms with Gasteiger partial charge in [0.25, 0.3) is 0 Å². The van der Waals surface area contributed by atoms with Crippen molar-refractivity contribution in [1.29, 1.82) is 0 Å². The number of carboxylic acids is 1. The molecule has 3 aliphatic rings. The van der Waals surface area contributed by atoms with Crippen molar-refractivity contribution >= 4 is 11.8 Å². The first kappa shape index (κ1) is 18.7. The van der Waals surface area contributed by atoms with Crippen LogP contribution in [0.25, 0.3) is 0 Å². The number of nitrogens with zero attached hydrogens (tertiary/aromatic N) is 3. The number of piperazine rings is 2. The van der Waals surface area contributed by atoms with Crippen molar-refractivity contribution in [2.45, 2.75) is 31.5 Å². The minimum absolute atomic E-state index is 0.280. The lowest BCUT2D eigenvalue weighted by molar-refractivity contribution is -0.178. The van der Waals surface area contributed by atoms with Gasteiger partial charge in [-0.2, -0.15) is 0 Å². The summed E-state index contributed by atoms with van der Waals surface area (Å²) in [7, 11) is 0. The molecule has 0 aromatic carbocycles. The molecule has 0 saturated carbocycles. The van der Waals surface area contributed by atoms with Crippen molar-refractivity contribution < 1.29 is 14.7 Å². The van der Waals surface area contributed by atoms with Gasteiger partial charge < -0.3 is 15.7 Å². The SMILES string of the molecule is CC(=O)C(C(=O)O)(N1CCNCC1)N1CCN(C2CCNCC2)CC1. The molecule has 3 aliphatic heterocycles. The predicted octanol–water partition coefficient (Wildman–Crippen LogP) is -1.37. The fourth-order valence-electron chi connectivity index (χ4n) is 4.64. The summed E-state index contributed by atoms with van der Waals surface area (Å²) in [6.45, 7) is 9.05. The molecular weight excluding hydrogens is 322 g/mol. The Kier molecular flexibility index (Phi) is 6.06. The van der Waals surface area contributed by atoms with Crippen LogP contribution in [0, 0.1) is 0 Å². The minimum atomic E-state index is -1.51. The van der Waals surface area contributed by atoms with E-state index in [2.05, 4.69) is 15.5 Å². The number of Topliss-reactive ketones (excluding diaryl/α,β-unsaturated/α-hetero) is 1. The van der Waals surface area contributed by atoms with Crippen LogP contribution in [0.5, 0.6) is 0 Å². The zero-order valence-corrected chi connectivity index (χ0v) is 15.2. The molecule has 3 heterocycles. The van der Waals surface area contributed by atoms with Gasteiger partial charge in [0.15, 0.2) is 5.78 Å². The molecule has 8 nitrogen and oxygen atoms in total. The molecule has 3 saturated heterocycles. The highest BCUT2D eigenvalue weighted by Crippen LogP contribution is 2.26. The summed E-state index contributed by atoms with van der Waals surface area (Å²) >= 11 is 0. The number of carbonyl (C=O) groups is 2. The summed E-state index contributed by atoms with van der Waals surface area (Å²) in [5.74, 6) is -1.31. The summed E-state index contributed by atoms with van der Waals surface area (Å²) in [4.78, 5) is 31.1. The summed E-state index contributed by atoms with van der Waals surface area (Å²) < 4.78 is 0. The van der Waals surface area contributed by atoms with Gasteiger partial charge in [0.1, 0.15) is 0 Å². The third-order valence-corrected chi connectivity index (χ3v) is 5.96. The fourth-order valence-corrected chi connectivity index (χ4v) is 4.64. The molecule has 0 aromatic heterocycles. The molecule has 0 bridgehead atoms. The number of rotatable bonds is 5. The van der Waals surface area contributed by atoms with Gasteiger partial charge in [0.2, 0.25) is 5.66 Å². The normalized spacial score (nSPS) is 27.7.